The van der Waals surface area contributed by atoms with Gasteiger partial charge in [-0.05, 0) is 19.2 Å². The number of nitrogens with one attached hydrogen (secondary N) is 2. The first-order valence-electron chi connectivity index (χ1n) is 5.52. The molecule has 0 aliphatic heterocycles. The van der Waals surface area contributed by atoms with E-state index in [-0.39, 0.29) is 18.3 Å². The molecular formula is C12H17FN2O2. The molecule has 0 radical (unpaired) electrons. The van der Waals surface area contributed by atoms with Crippen LogP contribution in [0.1, 0.15) is 6.42 Å². The van der Waals surface area contributed by atoms with E-state index in [0.29, 0.717) is 19.5 Å². The van der Waals surface area contributed by atoms with E-state index < -0.39 is 5.82 Å². The minimum absolute atomic E-state index is 0.0449. The number of para-hydroxylation sites is 1. The highest BCUT2D eigenvalue weighted by Gasteiger charge is 2.02. The van der Waals surface area contributed by atoms with E-state index in [4.69, 9.17) is 4.74 Å². The summed E-state index contributed by atoms with van der Waals surface area (Å²) in [7, 11) is 1.79. The predicted octanol–water partition coefficient (Wildman–Crippen LogP) is 0.930. The van der Waals surface area contributed by atoms with Crippen LogP contribution >= 0.6 is 0 Å². The van der Waals surface area contributed by atoms with Crippen molar-refractivity contribution in [2.75, 3.05) is 26.7 Å². The molecule has 0 saturated carbocycles. The van der Waals surface area contributed by atoms with Crippen LogP contribution in [0.25, 0.3) is 0 Å². The SMILES string of the molecule is CNCCC(=O)NCCOc1ccccc1F. The van der Waals surface area contributed by atoms with E-state index in [0.717, 1.165) is 0 Å². The molecule has 0 aliphatic rings. The monoisotopic (exact) mass is 240 g/mol. The highest BCUT2D eigenvalue weighted by molar-refractivity contribution is 5.75. The van der Waals surface area contributed by atoms with E-state index in [1.54, 1.807) is 25.2 Å². The van der Waals surface area contributed by atoms with Crippen molar-refractivity contribution in [1.29, 1.82) is 0 Å². The third-order valence-electron chi connectivity index (χ3n) is 2.12. The fourth-order valence-corrected chi connectivity index (χ4v) is 1.24. The van der Waals surface area contributed by atoms with Crippen LogP contribution in [-0.2, 0) is 4.79 Å². The van der Waals surface area contributed by atoms with Crippen LogP contribution in [0.4, 0.5) is 4.39 Å². The standard InChI is InChI=1S/C12H17FN2O2/c1-14-7-6-12(16)15-8-9-17-11-5-3-2-4-10(11)13/h2-5,14H,6-9H2,1H3,(H,15,16). The van der Waals surface area contributed by atoms with Gasteiger partial charge >= 0.3 is 0 Å². The van der Waals surface area contributed by atoms with Gasteiger partial charge in [-0.3, -0.25) is 4.79 Å². The summed E-state index contributed by atoms with van der Waals surface area (Å²) in [6.07, 6.45) is 0.427. The van der Waals surface area contributed by atoms with Gasteiger partial charge in [-0.25, -0.2) is 4.39 Å². The first-order chi connectivity index (χ1) is 8.24. The molecule has 4 nitrogen and oxygen atoms in total. The van der Waals surface area contributed by atoms with Crippen LogP contribution in [-0.4, -0.2) is 32.7 Å². The molecule has 17 heavy (non-hydrogen) atoms. The second-order valence-electron chi connectivity index (χ2n) is 3.48. The van der Waals surface area contributed by atoms with Crippen LogP contribution in [0.5, 0.6) is 5.75 Å². The van der Waals surface area contributed by atoms with E-state index in [1.807, 2.05) is 0 Å². The maximum absolute atomic E-state index is 13.1. The summed E-state index contributed by atoms with van der Waals surface area (Å²) >= 11 is 0. The first kappa shape index (κ1) is 13.4. The second-order valence-corrected chi connectivity index (χ2v) is 3.48. The minimum Gasteiger partial charge on any atom is -0.489 e. The van der Waals surface area contributed by atoms with Crippen LogP contribution in [0.3, 0.4) is 0 Å². The molecule has 0 aliphatic carbocycles. The molecule has 0 heterocycles. The zero-order valence-corrected chi connectivity index (χ0v) is 9.83. The summed E-state index contributed by atoms with van der Waals surface area (Å²) in [5.41, 5.74) is 0. The number of halogens is 1. The van der Waals surface area contributed by atoms with Crippen molar-refractivity contribution in [2.45, 2.75) is 6.42 Å². The largest absolute Gasteiger partial charge is 0.489 e. The van der Waals surface area contributed by atoms with Crippen LogP contribution in [0, 0.1) is 5.82 Å². The van der Waals surface area contributed by atoms with Crippen molar-refractivity contribution >= 4 is 5.91 Å². The minimum atomic E-state index is -0.394. The zero-order chi connectivity index (χ0) is 12.5. The summed E-state index contributed by atoms with van der Waals surface area (Å²) in [5.74, 6) is -0.234. The fraction of sp³-hybridized carbons (Fsp3) is 0.417. The van der Waals surface area contributed by atoms with Gasteiger partial charge < -0.3 is 15.4 Å². The van der Waals surface area contributed by atoms with E-state index in [1.165, 1.54) is 6.07 Å². The van der Waals surface area contributed by atoms with E-state index in [2.05, 4.69) is 10.6 Å². The number of rotatable bonds is 7. The summed E-state index contributed by atoms with van der Waals surface area (Å²) in [6, 6.07) is 6.19. The highest BCUT2D eigenvalue weighted by Crippen LogP contribution is 2.14. The zero-order valence-electron chi connectivity index (χ0n) is 9.83. The van der Waals surface area contributed by atoms with Gasteiger partial charge in [-0.15, -0.1) is 0 Å². The molecule has 0 atom stereocenters. The quantitative estimate of drug-likeness (QED) is 0.697. The summed E-state index contributed by atoms with van der Waals surface area (Å²) in [6.45, 7) is 1.27. The van der Waals surface area contributed by atoms with Crippen molar-refractivity contribution in [3.63, 3.8) is 0 Å². The van der Waals surface area contributed by atoms with Gasteiger partial charge in [0.2, 0.25) is 5.91 Å². The first-order valence-corrected chi connectivity index (χ1v) is 5.52. The molecule has 0 spiro atoms. The van der Waals surface area contributed by atoms with Crippen molar-refractivity contribution < 1.29 is 13.9 Å². The van der Waals surface area contributed by atoms with Gasteiger partial charge in [-0.2, -0.15) is 0 Å². The lowest BCUT2D eigenvalue weighted by atomic mass is 10.3. The molecule has 0 unspecified atom stereocenters. The third-order valence-corrected chi connectivity index (χ3v) is 2.12. The van der Waals surface area contributed by atoms with Crippen molar-refractivity contribution in [3.8, 4) is 5.75 Å². The Morgan fingerprint density at radius 2 is 2.12 bits per heavy atom. The lowest BCUT2D eigenvalue weighted by Gasteiger charge is -2.08. The van der Waals surface area contributed by atoms with Crippen LogP contribution in [0.15, 0.2) is 24.3 Å². The van der Waals surface area contributed by atoms with Gasteiger partial charge in [0.25, 0.3) is 0 Å². The Labute approximate surface area is 100 Å². The third kappa shape index (κ3) is 5.31. The van der Waals surface area contributed by atoms with E-state index >= 15 is 0 Å². The molecule has 0 fully saturated rings. The Hall–Kier alpha value is -1.62. The highest BCUT2D eigenvalue weighted by atomic mass is 19.1. The number of hydrogen-bond donors (Lipinski definition) is 2. The smallest absolute Gasteiger partial charge is 0.221 e. The molecule has 1 aromatic rings. The lowest BCUT2D eigenvalue weighted by Crippen LogP contribution is -2.30. The molecule has 94 valence electrons. The van der Waals surface area contributed by atoms with Gasteiger partial charge in [0.1, 0.15) is 6.61 Å². The Morgan fingerprint density at radius 1 is 1.35 bits per heavy atom. The van der Waals surface area contributed by atoms with Crippen LogP contribution in [0.2, 0.25) is 0 Å². The van der Waals surface area contributed by atoms with Gasteiger partial charge in [0.05, 0.1) is 6.54 Å². The number of amides is 1. The topological polar surface area (TPSA) is 50.4 Å². The second kappa shape index (κ2) is 7.62. The summed E-state index contributed by atoms with van der Waals surface area (Å²) in [4.78, 5) is 11.2. The maximum atomic E-state index is 13.1. The molecule has 0 saturated heterocycles. The molecular weight excluding hydrogens is 223 g/mol. The maximum Gasteiger partial charge on any atom is 0.221 e. The van der Waals surface area contributed by atoms with Gasteiger partial charge in [0.15, 0.2) is 11.6 Å². The normalized spacial score (nSPS) is 10.0. The number of ether oxygens (including phenoxy) is 1. The number of benzene rings is 1. The molecule has 5 heteroatoms. The summed E-state index contributed by atoms with van der Waals surface area (Å²) in [5, 5.41) is 5.56. The van der Waals surface area contributed by atoms with Crippen molar-refractivity contribution in [2.24, 2.45) is 0 Å². The lowest BCUT2D eigenvalue weighted by molar-refractivity contribution is -0.121. The fourth-order valence-electron chi connectivity index (χ4n) is 1.24. The molecule has 0 aromatic heterocycles. The predicted molar refractivity (Wildman–Crippen MR) is 63.4 cm³/mol. The molecule has 1 rings (SSSR count). The van der Waals surface area contributed by atoms with E-state index in [9.17, 15) is 9.18 Å². The number of carbonyl (C=O) groups excluding carboxylic acids is 1. The Morgan fingerprint density at radius 3 is 2.82 bits per heavy atom. The average Bonchev–Trinajstić information content (AvgIpc) is 2.34. The molecule has 2 N–H and O–H groups in total. The number of carbonyl (C=O) groups is 1. The Balaban J connectivity index is 2.16. The molecule has 0 bridgehead atoms. The van der Waals surface area contributed by atoms with Crippen LogP contribution < -0.4 is 15.4 Å². The van der Waals surface area contributed by atoms with Gasteiger partial charge in [-0.1, -0.05) is 12.1 Å². The number of hydrogen-bond acceptors (Lipinski definition) is 3. The average molecular weight is 240 g/mol. The van der Waals surface area contributed by atoms with Crippen molar-refractivity contribution in [3.05, 3.63) is 30.1 Å². The molecule has 1 aromatic carbocycles. The molecule has 1 amide bonds. The van der Waals surface area contributed by atoms with Gasteiger partial charge in [0, 0.05) is 13.0 Å². The Bertz CT molecular complexity index is 358. The van der Waals surface area contributed by atoms with Crippen molar-refractivity contribution in [1.82, 2.24) is 10.6 Å². The Kier molecular flexibility index (Phi) is 6.03. The summed E-state index contributed by atoms with van der Waals surface area (Å²) < 4.78 is 18.3.